The number of ether oxygens (including phenoxy) is 2. The molecule has 1 aromatic heterocycles. The average Bonchev–Trinajstić information content (AvgIpc) is 3.17. The Kier molecular flexibility index (Phi) is 6.54. The van der Waals surface area contributed by atoms with E-state index in [0.717, 1.165) is 12.0 Å². The van der Waals surface area contributed by atoms with Crippen LogP contribution in [0.5, 0.6) is 5.75 Å². The van der Waals surface area contributed by atoms with Gasteiger partial charge >= 0.3 is 5.97 Å². The van der Waals surface area contributed by atoms with Crippen LogP contribution in [0.4, 0.5) is 0 Å². The van der Waals surface area contributed by atoms with Gasteiger partial charge in [-0.25, -0.2) is 4.79 Å². The van der Waals surface area contributed by atoms with Gasteiger partial charge in [-0.2, -0.15) is 4.98 Å². The molecule has 1 heterocycles. The quantitative estimate of drug-likeness (QED) is 0.493. The molecular weight excluding hydrogens is 403 g/mol. The Bertz CT molecular complexity index is 957. The van der Waals surface area contributed by atoms with Crippen molar-refractivity contribution in [1.82, 2.24) is 10.1 Å². The molecule has 146 valence electrons. The highest BCUT2D eigenvalue weighted by Gasteiger charge is 2.19. The number of nitrogens with zero attached hydrogens (tertiary/aromatic N) is 2. The number of benzene rings is 2. The third-order valence-electron chi connectivity index (χ3n) is 3.96. The fraction of sp³-hybridized carbons (Fsp3) is 0.250. The number of aryl methyl sites for hydroxylation is 1. The summed E-state index contributed by atoms with van der Waals surface area (Å²) in [7, 11) is 0. The van der Waals surface area contributed by atoms with Crippen molar-refractivity contribution in [2.75, 3.05) is 0 Å². The second-order valence-corrected chi connectivity index (χ2v) is 6.85. The Labute approximate surface area is 172 Å². The Morgan fingerprint density at radius 2 is 1.93 bits per heavy atom. The van der Waals surface area contributed by atoms with Crippen LogP contribution in [0, 0.1) is 0 Å². The normalized spacial score (nSPS) is 11.9. The van der Waals surface area contributed by atoms with E-state index in [4.69, 9.17) is 37.2 Å². The molecule has 0 bridgehead atoms. The molecule has 1 unspecified atom stereocenters. The number of esters is 1. The fourth-order valence-corrected chi connectivity index (χ4v) is 2.83. The average molecular weight is 421 g/mol. The van der Waals surface area contributed by atoms with Crippen LogP contribution in [0.1, 0.15) is 25.3 Å². The highest BCUT2D eigenvalue weighted by Crippen LogP contribution is 2.28. The molecule has 0 saturated heterocycles. The number of hydrogen-bond acceptors (Lipinski definition) is 6. The van der Waals surface area contributed by atoms with E-state index in [1.54, 1.807) is 19.1 Å². The standard InChI is InChI=1S/C20H18Cl2N2O4/c1-3-13-4-6-14(7-5-13)19-23-18(28-24-19)11-26-20(25)12(2)27-17-9-8-15(21)10-16(17)22/h4-10,12H,3,11H2,1-2H3. The van der Waals surface area contributed by atoms with E-state index in [1.165, 1.54) is 11.6 Å². The first-order valence-corrected chi connectivity index (χ1v) is 9.42. The van der Waals surface area contributed by atoms with Crippen LogP contribution in [0.15, 0.2) is 47.0 Å². The molecule has 0 aliphatic heterocycles. The summed E-state index contributed by atoms with van der Waals surface area (Å²) >= 11 is 11.9. The van der Waals surface area contributed by atoms with Crippen LogP contribution in [-0.4, -0.2) is 22.2 Å². The monoisotopic (exact) mass is 420 g/mol. The van der Waals surface area contributed by atoms with Crippen molar-refractivity contribution in [1.29, 1.82) is 0 Å². The maximum absolute atomic E-state index is 12.1. The van der Waals surface area contributed by atoms with Crippen molar-refractivity contribution in [3.05, 3.63) is 64.0 Å². The van der Waals surface area contributed by atoms with Gasteiger partial charge in [0.25, 0.3) is 5.89 Å². The van der Waals surface area contributed by atoms with Crippen LogP contribution < -0.4 is 4.74 Å². The molecule has 0 amide bonds. The van der Waals surface area contributed by atoms with Gasteiger partial charge in [0.2, 0.25) is 5.82 Å². The van der Waals surface area contributed by atoms with Gasteiger partial charge in [-0.15, -0.1) is 0 Å². The minimum Gasteiger partial charge on any atom is -0.477 e. The molecular formula is C20H18Cl2N2O4. The molecule has 0 radical (unpaired) electrons. The number of carbonyl (C=O) groups excluding carboxylic acids is 1. The molecule has 0 aliphatic carbocycles. The predicted octanol–water partition coefficient (Wildman–Crippen LogP) is 5.12. The SMILES string of the molecule is CCc1ccc(-c2noc(COC(=O)C(C)Oc3ccc(Cl)cc3Cl)n2)cc1. The van der Waals surface area contributed by atoms with E-state index in [2.05, 4.69) is 17.1 Å². The number of aromatic nitrogens is 2. The zero-order valence-electron chi connectivity index (χ0n) is 15.3. The molecule has 0 aliphatic rings. The summed E-state index contributed by atoms with van der Waals surface area (Å²) in [5, 5.41) is 4.70. The summed E-state index contributed by atoms with van der Waals surface area (Å²) in [5.74, 6) is 0.384. The minimum atomic E-state index is -0.873. The van der Waals surface area contributed by atoms with Crippen molar-refractivity contribution in [3.8, 4) is 17.1 Å². The van der Waals surface area contributed by atoms with Gasteiger partial charge in [0, 0.05) is 10.6 Å². The summed E-state index contributed by atoms with van der Waals surface area (Å²) in [5.41, 5.74) is 2.05. The highest BCUT2D eigenvalue weighted by molar-refractivity contribution is 6.35. The van der Waals surface area contributed by atoms with Gasteiger partial charge in [-0.1, -0.05) is 59.5 Å². The Hall–Kier alpha value is -2.57. The summed E-state index contributed by atoms with van der Waals surface area (Å²) < 4.78 is 15.8. The maximum Gasteiger partial charge on any atom is 0.347 e. The molecule has 0 N–H and O–H groups in total. The molecule has 3 rings (SSSR count). The lowest BCUT2D eigenvalue weighted by Gasteiger charge is -2.14. The third kappa shape index (κ3) is 5.03. The number of hydrogen-bond donors (Lipinski definition) is 0. The van der Waals surface area contributed by atoms with Crippen molar-refractivity contribution < 1.29 is 18.8 Å². The first-order chi connectivity index (χ1) is 13.5. The molecule has 0 saturated carbocycles. The lowest BCUT2D eigenvalue weighted by atomic mass is 10.1. The van der Waals surface area contributed by atoms with Crippen LogP contribution in [0.25, 0.3) is 11.4 Å². The van der Waals surface area contributed by atoms with Crippen molar-refractivity contribution in [3.63, 3.8) is 0 Å². The molecule has 1 atom stereocenters. The smallest absolute Gasteiger partial charge is 0.347 e. The van der Waals surface area contributed by atoms with E-state index in [1.807, 2.05) is 24.3 Å². The van der Waals surface area contributed by atoms with Gasteiger partial charge in [-0.05, 0) is 37.1 Å². The molecule has 0 spiro atoms. The molecule has 2 aromatic carbocycles. The van der Waals surface area contributed by atoms with Crippen molar-refractivity contribution in [2.45, 2.75) is 33.0 Å². The van der Waals surface area contributed by atoms with E-state index >= 15 is 0 Å². The number of rotatable bonds is 7. The van der Waals surface area contributed by atoms with E-state index in [9.17, 15) is 4.79 Å². The summed E-state index contributed by atoms with van der Waals surface area (Å²) in [4.78, 5) is 16.4. The first-order valence-electron chi connectivity index (χ1n) is 8.66. The second-order valence-electron chi connectivity index (χ2n) is 6.00. The lowest BCUT2D eigenvalue weighted by Crippen LogP contribution is -2.26. The Morgan fingerprint density at radius 1 is 1.18 bits per heavy atom. The second kappa shape index (κ2) is 9.08. The van der Waals surface area contributed by atoms with E-state index in [0.29, 0.717) is 21.6 Å². The first kappa shape index (κ1) is 20.2. The lowest BCUT2D eigenvalue weighted by molar-refractivity contribution is -0.153. The highest BCUT2D eigenvalue weighted by atomic mass is 35.5. The minimum absolute atomic E-state index is 0.152. The number of halogens is 2. The van der Waals surface area contributed by atoms with Crippen LogP contribution in [-0.2, 0) is 22.6 Å². The van der Waals surface area contributed by atoms with Gasteiger partial charge in [-0.3, -0.25) is 0 Å². The van der Waals surface area contributed by atoms with Crippen LogP contribution in [0.3, 0.4) is 0 Å². The molecule has 28 heavy (non-hydrogen) atoms. The zero-order chi connectivity index (χ0) is 20.1. The Morgan fingerprint density at radius 3 is 2.61 bits per heavy atom. The molecule has 0 fully saturated rings. The molecule has 3 aromatic rings. The molecule has 8 heteroatoms. The van der Waals surface area contributed by atoms with Crippen LogP contribution in [0.2, 0.25) is 10.0 Å². The largest absolute Gasteiger partial charge is 0.477 e. The third-order valence-corrected chi connectivity index (χ3v) is 4.49. The zero-order valence-corrected chi connectivity index (χ0v) is 16.8. The van der Waals surface area contributed by atoms with Crippen LogP contribution >= 0.6 is 23.2 Å². The summed E-state index contributed by atoms with van der Waals surface area (Å²) in [6.07, 6.45) is 0.0810. The van der Waals surface area contributed by atoms with E-state index < -0.39 is 12.1 Å². The fourth-order valence-electron chi connectivity index (χ4n) is 2.38. The van der Waals surface area contributed by atoms with Gasteiger partial charge in [0.15, 0.2) is 12.7 Å². The van der Waals surface area contributed by atoms with Crippen molar-refractivity contribution in [2.24, 2.45) is 0 Å². The summed E-state index contributed by atoms with van der Waals surface area (Å²) in [6.45, 7) is 3.49. The van der Waals surface area contributed by atoms with Gasteiger partial charge in [0.1, 0.15) is 5.75 Å². The Balaban J connectivity index is 1.56. The van der Waals surface area contributed by atoms with E-state index in [-0.39, 0.29) is 12.5 Å². The van der Waals surface area contributed by atoms with Gasteiger partial charge in [0.05, 0.1) is 5.02 Å². The van der Waals surface area contributed by atoms with Crippen molar-refractivity contribution >= 4 is 29.2 Å². The maximum atomic E-state index is 12.1. The molecule has 6 nitrogen and oxygen atoms in total. The topological polar surface area (TPSA) is 74.5 Å². The van der Waals surface area contributed by atoms with Gasteiger partial charge < -0.3 is 14.0 Å². The predicted molar refractivity (Wildman–Crippen MR) is 105 cm³/mol. The number of carbonyl (C=O) groups is 1. The summed E-state index contributed by atoms with van der Waals surface area (Å²) in [6, 6.07) is 12.6.